The van der Waals surface area contributed by atoms with Gasteiger partial charge in [0.2, 0.25) is 0 Å². The van der Waals surface area contributed by atoms with Crippen LogP contribution in [0.15, 0.2) is 30.3 Å². The van der Waals surface area contributed by atoms with E-state index in [0.29, 0.717) is 0 Å². The molecule has 1 aromatic carbocycles. The fourth-order valence-corrected chi connectivity index (χ4v) is 1.57. The highest BCUT2D eigenvalue weighted by Gasteiger charge is 2.37. The summed E-state index contributed by atoms with van der Waals surface area (Å²) < 4.78 is 0. The standard InChI is InChI=1S/C12H18O3/c1-9(13)12(15,10(2)14)8-11-6-4-3-5-7-11/h3-7,9-10,13-15H,8H2,1-2H3. The molecule has 0 aliphatic heterocycles. The van der Waals surface area contributed by atoms with Crippen LogP contribution >= 0.6 is 0 Å². The Labute approximate surface area is 90.0 Å². The summed E-state index contributed by atoms with van der Waals surface area (Å²) >= 11 is 0. The van der Waals surface area contributed by atoms with Gasteiger partial charge >= 0.3 is 0 Å². The molecule has 0 amide bonds. The molecule has 0 saturated carbocycles. The molecule has 0 fully saturated rings. The quantitative estimate of drug-likeness (QED) is 0.686. The van der Waals surface area contributed by atoms with E-state index >= 15 is 0 Å². The van der Waals surface area contributed by atoms with E-state index in [1.54, 1.807) is 0 Å². The molecule has 0 aliphatic rings. The van der Waals surface area contributed by atoms with Crippen molar-refractivity contribution < 1.29 is 15.3 Å². The lowest BCUT2D eigenvalue weighted by molar-refractivity contribution is -0.133. The molecule has 0 radical (unpaired) electrons. The summed E-state index contributed by atoms with van der Waals surface area (Å²) in [6, 6.07) is 9.32. The maximum Gasteiger partial charge on any atom is 0.120 e. The summed E-state index contributed by atoms with van der Waals surface area (Å²) in [5.74, 6) is 0. The van der Waals surface area contributed by atoms with Crippen LogP contribution in [0.5, 0.6) is 0 Å². The Morgan fingerprint density at radius 2 is 1.53 bits per heavy atom. The molecule has 0 spiro atoms. The number of aliphatic hydroxyl groups excluding tert-OH is 2. The molecule has 0 aliphatic carbocycles. The molecule has 2 unspecified atom stereocenters. The minimum atomic E-state index is -1.48. The van der Waals surface area contributed by atoms with E-state index in [0.717, 1.165) is 5.56 Å². The number of hydrogen-bond acceptors (Lipinski definition) is 3. The van der Waals surface area contributed by atoms with E-state index in [2.05, 4.69) is 0 Å². The Bertz CT molecular complexity index is 285. The highest BCUT2D eigenvalue weighted by atomic mass is 16.4. The van der Waals surface area contributed by atoms with Crippen molar-refractivity contribution in [2.45, 2.75) is 38.1 Å². The van der Waals surface area contributed by atoms with Crippen LogP contribution in [0, 0.1) is 0 Å². The van der Waals surface area contributed by atoms with Gasteiger partial charge in [0.1, 0.15) is 5.60 Å². The van der Waals surface area contributed by atoms with Crippen LogP contribution in [0.2, 0.25) is 0 Å². The lowest BCUT2D eigenvalue weighted by atomic mass is 9.85. The first-order valence-corrected chi connectivity index (χ1v) is 5.09. The van der Waals surface area contributed by atoms with Crippen LogP contribution in [0.25, 0.3) is 0 Å². The second kappa shape index (κ2) is 4.75. The summed E-state index contributed by atoms with van der Waals surface area (Å²) in [7, 11) is 0. The molecule has 0 aromatic heterocycles. The third kappa shape index (κ3) is 2.78. The molecular weight excluding hydrogens is 192 g/mol. The molecule has 1 aromatic rings. The normalized spacial score (nSPS) is 19.3. The lowest BCUT2D eigenvalue weighted by Crippen LogP contribution is -2.51. The van der Waals surface area contributed by atoms with Crippen LogP contribution in [0.1, 0.15) is 19.4 Å². The van der Waals surface area contributed by atoms with Crippen LogP contribution in [0.3, 0.4) is 0 Å². The van der Waals surface area contributed by atoms with Gasteiger partial charge in [-0.3, -0.25) is 0 Å². The smallest absolute Gasteiger partial charge is 0.120 e. The molecule has 15 heavy (non-hydrogen) atoms. The first kappa shape index (κ1) is 12.2. The predicted molar refractivity (Wildman–Crippen MR) is 58.5 cm³/mol. The Kier molecular flexibility index (Phi) is 3.85. The molecule has 2 atom stereocenters. The van der Waals surface area contributed by atoms with Gasteiger partial charge in [0.15, 0.2) is 0 Å². The zero-order chi connectivity index (χ0) is 11.5. The molecule has 1 rings (SSSR count). The van der Waals surface area contributed by atoms with Crippen molar-refractivity contribution in [2.24, 2.45) is 0 Å². The molecule has 0 bridgehead atoms. The SMILES string of the molecule is CC(O)C(O)(Cc1ccccc1)C(C)O. The van der Waals surface area contributed by atoms with Gasteiger partial charge in [-0.1, -0.05) is 30.3 Å². The molecule has 0 heterocycles. The Morgan fingerprint density at radius 1 is 1.07 bits per heavy atom. The first-order chi connectivity index (χ1) is 6.97. The van der Waals surface area contributed by atoms with Gasteiger partial charge in [-0.15, -0.1) is 0 Å². The monoisotopic (exact) mass is 210 g/mol. The van der Waals surface area contributed by atoms with Gasteiger partial charge in [-0.25, -0.2) is 0 Å². The maximum atomic E-state index is 10.1. The van der Waals surface area contributed by atoms with E-state index in [1.807, 2.05) is 30.3 Å². The third-order valence-electron chi connectivity index (χ3n) is 2.78. The van der Waals surface area contributed by atoms with Crippen molar-refractivity contribution in [1.29, 1.82) is 0 Å². The Hall–Kier alpha value is -0.900. The fraction of sp³-hybridized carbons (Fsp3) is 0.500. The third-order valence-corrected chi connectivity index (χ3v) is 2.78. The van der Waals surface area contributed by atoms with Gasteiger partial charge < -0.3 is 15.3 Å². The molecule has 3 heteroatoms. The number of aliphatic hydroxyl groups is 3. The summed E-state index contributed by atoms with van der Waals surface area (Å²) in [5, 5.41) is 29.1. The molecule has 0 saturated heterocycles. The highest BCUT2D eigenvalue weighted by molar-refractivity contribution is 5.18. The first-order valence-electron chi connectivity index (χ1n) is 5.09. The van der Waals surface area contributed by atoms with Crippen LogP contribution in [-0.4, -0.2) is 33.1 Å². The van der Waals surface area contributed by atoms with E-state index in [1.165, 1.54) is 13.8 Å². The van der Waals surface area contributed by atoms with Crippen molar-refractivity contribution in [3.05, 3.63) is 35.9 Å². The van der Waals surface area contributed by atoms with Gasteiger partial charge in [0.25, 0.3) is 0 Å². The molecule has 3 nitrogen and oxygen atoms in total. The maximum absolute atomic E-state index is 10.1. The van der Waals surface area contributed by atoms with Crippen molar-refractivity contribution in [1.82, 2.24) is 0 Å². The van der Waals surface area contributed by atoms with E-state index in [4.69, 9.17) is 0 Å². The van der Waals surface area contributed by atoms with Crippen LogP contribution in [-0.2, 0) is 6.42 Å². The summed E-state index contributed by atoms with van der Waals surface area (Å²) in [5.41, 5.74) is -0.594. The summed E-state index contributed by atoms with van der Waals surface area (Å²) in [6.45, 7) is 2.96. The fourth-order valence-electron chi connectivity index (χ4n) is 1.57. The molecular formula is C12H18O3. The number of benzene rings is 1. The van der Waals surface area contributed by atoms with E-state index in [-0.39, 0.29) is 6.42 Å². The minimum Gasteiger partial charge on any atom is -0.390 e. The second-order valence-corrected chi connectivity index (χ2v) is 4.01. The largest absolute Gasteiger partial charge is 0.390 e. The van der Waals surface area contributed by atoms with Crippen LogP contribution in [0.4, 0.5) is 0 Å². The van der Waals surface area contributed by atoms with Crippen molar-refractivity contribution in [2.75, 3.05) is 0 Å². The van der Waals surface area contributed by atoms with Gasteiger partial charge in [-0.05, 0) is 19.4 Å². The van der Waals surface area contributed by atoms with E-state index in [9.17, 15) is 15.3 Å². The lowest BCUT2D eigenvalue weighted by Gasteiger charge is -2.34. The topological polar surface area (TPSA) is 60.7 Å². The Balaban J connectivity index is 2.85. The summed E-state index contributed by atoms with van der Waals surface area (Å²) in [4.78, 5) is 0. The van der Waals surface area contributed by atoms with Crippen LogP contribution < -0.4 is 0 Å². The van der Waals surface area contributed by atoms with Gasteiger partial charge in [0, 0.05) is 6.42 Å². The van der Waals surface area contributed by atoms with Gasteiger partial charge in [-0.2, -0.15) is 0 Å². The Morgan fingerprint density at radius 3 is 1.93 bits per heavy atom. The summed E-state index contributed by atoms with van der Waals surface area (Å²) in [6.07, 6.45) is -1.71. The highest BCUT2D eigenvalue weighted by Crippen LogP contribution is 2.21. The number of hydrogen-bond donors (Lipinski definition) is 3. The van der Waals surface area contributed by atoms with E-state index < -0.39 is 17.8 Å². The van der Waals surface area contributed by atoms with Gasteiger partial charge in [0.05, 0.1) is 12.2 Å². The average Bonchev–Trinajstić information content (AvgIpc) is 2.18. The second-order valence-electron chi connectivity index (χ2n) is 4.01. The minimum absolute atomic E-state index is 0.239. The zero-order valence-corrected chi connectivity index (χ0v) is 9.09. The molecule has 3 N–H and O–H groups in total. The van der Waals surface area contributed by atoms with Crippen molar-refractivity contribution in [3.8, 4) is 0 Å². The number of rotatable bonds is 4. The predicted octanol–water partition coefficient (Wildman–Crippen LogP) is 0.722. The molecule has 84 valence electrons. The van der Waals surface area contributed by atoms with Crippen molar-refractivity contribution >= 4 is 0 Å². The zero-order valence-electron chi connectivity index (χ0n) is 9.09. The average molecular weight is 210 g/mol. The van der Waals surface area contributed by atoms with Crippen molar-refractivity contribution in [3.63, 3.8) is 0 Å².